The van der Waals surface area contributed by atoms with Crippen LogP contribution in [0, 0.1) is 0 Å². The summed E-state index contributed by atoms with van der Waals surface area (Å²) in [6.45, 7) is 1.65. The van der Waals surface area contributed by atoms with Gasteiger partial charge in [0.05, 0.1) is 19.2 Å². The molecule has 0 aliphatic heterocycles. The van der Waals surface area contributed by atoms with E-state index in [0.29, 0.717) is 16.5 Å². The molecular weight excluding hydrogens is 466 g/mol. The Morgan fingerprint density at radius 2 is 1.33 bits per heavy atom. The molecule has 3 rings (SSSR count). The molecule has 8 nitrogen and oxygen atoms in total. The minimum Gasteiger partial charge on any atom is -0.497 e. The summed E-state index contributed by atoms with van der Waals surface area (Å²) in [5, 5.41) is 9.82. The standard InChI is InChI=1S/C23H26ClN3O5S/c1-16(22(28)23-25-12-19(24)13-26-23)33(29,30)27(14-17-4-8-20(31-2)9-5-17)15-18-6-10-21(32-3)11-7-18/h4-13,16,22,28H,14-15H2,1-3H3/t16-,22-/m0/s1. The summed E-state index contributed by atoms with van der Waals surface area (Å²) in [5.41, 5.74) is 1.55. The number of hydrogen-bond donors (Lipinski definition) is 1. The first-order chi connectivity index (χ1) is 15.7. The van der Waals surface area contributed by atoms with Crippen molar-refractivity contribution in [2.45, 2.75) is 31.4 Å². The molecule has 3 aromatic rings. The molecule has 1 aromatic heterocycles. The van der Waals surface area contributed by atoms with Crippen molar-refractivity contribution in [3.63, 3.8) is 0 Å². The van der Waals surface area contributed by atoms with Gasteiger partial charge >= 0.3 is 0 Å². The molecule has 33 heavy (non-hydrogen) atoms. The summed E-state index contributed by atoms with van der Waals surface area (Å²) >= 11 is 5.81. The molecule has 1 N–H and O–H groups in total. The number of methoxy groups -OCH3 is 2. The van der Waals surface area contributed by atoms with Gasteiger partial charge in [-0.25, -0.2) is 18.4 Å². The molecule has 0 saturated carbocycles. The molecule has 1 heterocycles. The van der Waals surface area contributed by atoms with Gasteiger partial charge in [-0.1, -0.05) is 35.9 Å². The highest BCUT2D eigenvalue weighted by atomic mass is 35.5. The number of aliphatic hydroxyl groups is 1. The molecule has 0 unspecified atom stereocenters. The zero-order valence-corrected chi connectivity index (χ0v) is 20.1. The van der Waals surface area contributed by atoms with Crippen molar-refractivity contribution in [1.29, 1.82) is 0 Å². The summed E-state index contributed by atoms with van der Waals surface area (Å²) in [6.07, 6.45) is 1.21. The molecule has 176 valence electrons. The highest BCUT2D eigenvalue weighted by Crippen LogP contribution is 2.26. The van der Waals surface area contributed by atoms with Gasteiger partial charge in [0.1, 0.15) is 22.9 Å². The third-order valence-electron chi connectivity index (χ3n) is 5.22. The lowest BCUT2D eigenvalue weighted by molar-refractivity contribution is 0.162. The third kappa shape index (κ3) is 6.20. The van der Waals surface area contributed by atoms with Crippen molar-refractivity contribution in [1.82, 2.24) is 14.3 Å². The van der Waals surface area contributed by atoms with Crippen LogP contribution in [0.3, 0.4) is 0 Å². The van der Waals surface area contributed by atoms with Crippen molar-refractivity contribution in [2.75, 3.05) is 14.2 Å². The molecule has 0 spiro atoms. The van der Waals surface area contributed by atoms with Crippen molar-refractivity contribution >= 4 is 21.6 Å². The van der Waals surface area contributed by atoms with E-state index >= 15 is 0 Å². The fourth-order valence-corrected chi connectivity index (χ4v) is 4.86. The Bertz CT molecular complexity index is 1090. The SMILES string of the molecule is COc1ccc(CN(Cc2ccc(OC)cc2)S(=O)(=O)[C@@H](C)[C@H](O)c2ncc(Cl)cn2)cc1. The minimum absolute atomic E-state index is 0.00989. The Hall–Kier alpha value is -2.72. The second kappa shape index (κ2) is 10.9. The Labute approximate surface area is 198 Å². The van der Waals surface area contributed by atoms with E-state index in [1.165, 1.54) is 23.6 Å². The zero-order chi connectivity index (χ0) is 24.0. The molecule has 0 fully saturated rings. The second-order valence-corrected chi connectivity index (χ2v) is 10.1. The fourth-order valence-electron chi connectivity index (χ4n) is 3.19. The van der Waals surface area contributed by atoms with Crippen LogP contribution in [0.5, 0.6) is 11.5 Å². The molecule has 0 bridgehead atoms. The molecule has 0 saturated heterocycles. The third-order valence-corrected chi connectivity index (χ3v) is 7.59. The largest absolute Gasteiger partial charge is 0.497 e. The molecular formula is C23H26ClN3O5S. The number of nitrogens with zero attached hydrogens (tertiary/aromatic N) is 3. The maximum absolute atomic E-state index is 13.6. The summed E-state index contributed by atoms with van der Waals surface area (Å²) in [5.74, 6) is 1.34. The van der Waals surface area contributed by atoms with Crippen LogP contribution in [-0.2, 0) is 23.1 Å². The lowest BCUT2D eigenvalue weighted by atomic mass is 10.2. The van der Waals surface area contributed by atoms with E-state index in [4.69, 9.17) is 21.1 Å². The number of hydrogen-bond acceptors (Lipinski definition) is 7. The Morgan fingerprint density at radius 3 is 1.73 bits per heavy atom. The lowest BCUT2D eigenvalue weighted by Crippen LogP contribution is -2.40. The van der Waals surface area contributed by atoms with Crippen LogP contribution >= 0.6 is 11.6 Å². The average Bonchev–Trinajstić information content (AvgIpc) is 2.84. The Morgan fingerprint density at radius 1 is 0.909 bits per heavy atom. The molecule has 2 atom stereocenters. The molecule has 0 aliphatic rings. The number of halogens is 1. The smallest absolute Gasteiger partial charge is 0.220 e. The van der Waals surface area contributed by atoms with Gasteiger partial charge in [0.15, 0.2) is 5.82 Å². The Kier molecular flexibility index (Phi) is 8.25. The van der Waals surface area contributed by atoms with E-state index in [2.05, 4.69) is 9.97 Å². The zero-order valence-electron chi connectivity index (χ0n) is 18.6. The van der Waals surface area contributed by atoms with E-state index in [1.807, 2.05) is 0 Å². The topological polar surface area (TPSA) is 102 Å². The molecule has 2 aromatic carbocycles. The molecule has 0 radical (unpaired) electrons. The number of rotatable bonds is 10. The lowest BCUT2D eigenvalue weighted by Gasteiger charge is -2.28. The maximum atomic E-state index is 13.6. The van der Waals surface area contributed by atoms with Crippen LogP contribution in [0.25, 0.3) is 0 Å². The monoisotopic (exact) mass is 491 g/mol. The first-order valence-corrected chi connectivity index (χ1v) is 12.0. The van der Waals surface area contributed by atoms with Gasteiger partial charge in [0, 0.05) is 25.5 Å². The van der Waals surface area contributed by atoms with Crippen molar-refractivity contribution in [3.05, 3.63) is 82.9 Å². The van der Waals surface area contributed by atoms with Gasteiger partial charge in [0.25, 0.3) is 0 Å². The van der Waals surface area contributed by atoms with E-state index in [9.17, 15) is 13.5 Å². The van der Waals surface area contributed by atoms with E-state index in [0.717, 1.165) is 11.1 Å². The van der Waals surface area contributed by atoms with Gasteiger partial charge in [-0.15, -0.1) is 0 Å². The normalized spacial score (nSPS) is 13.5. The number of aliphatic hydroxyl groups excluding tert-OH is 1. The van der Waals surface area contributed by atoms with E-state index in [-0.39, 0.29) is 18.9 Å². The maximum Gasteiger partial charge on any atom is 0.220 e. The van der Waals surface area contributed by atoms with Gasteiger partial charge in [0.2, 0.25) is 10.0 Å². The first-order valence-electron chi connectivity index (χ1n) is 10.1. The van der Waals surface area contributed by atoms with Crippen molar-refractivity contribution in [2.24, 2.45) is 0 Å². The Balaban J connectivity index is 1.91. The number of aromatic nitrogens is 2. The highest BCUT2D eigenvalue weighted by Gasteiger charge is 2.36. The van der Waals surface area contributed by atoms with Gasteiger partial charge in [-0.3, -0.25) is 0 Å². The summed E-state index contributed by atoms with van der Waals surface area (Å²) in [4.78, 5) is 7.95. The number of sulfonamides is 1. The van der Waals surface area contributed by atoms with Gasteiger partial charge in [-0.05, 0) is 42.3 Å². The molecule has 0 aliphatic carbocycles. The second-order valence-electron chi connectivity index (χ2n) is 7.42. The predicted molar refractivity (Wildman–Crippen MR) is 126 cm³/mol. The number of ether oxygens (including phenoxy) is 2. The van der Waals surface area contributed by atoms with Crippen LogP contribution in [-0.4, -0.2) is 47.3 Å². The average molecular weight is 492 g/mol. The summed E-state index contributed by atoms with van der Waals surface area (Å²) < 4.78 is 38.9. The quantitative estimate of drug-likeness (QED) is 0.462. The minimum atomic E-state index is -3.98. The van der Waals surface area contributed by atoms with Crippen LogP contribution in [0.1, 0.15) is 30.0 Å². The van der Waals surface area contributed by atoms with Crippen LogP contribution in [0.4, 0.5) is 0 Å². The first kappa shape index (κ1) is 24.9. The van der Waals surface area contributed by atoms with E-state index < -0.39 is 21.4 Å². The molecule has 10 heteroatoms. The van der Waals surface area contributed by atoms with Gasteiger partial charge in [-0.2, -0.15) is 4.31 Å². The van der Waals surface area contributed by atoms with E-state index in [1.54, 1.807) is 62.8 Å². The van der Waals surface area contributed by atoms with Gasteiger partial charge < -0.3 is 14.6 Å². The van der Waals surface area contributed by atoms with Crippen molar-refractivity contribution < 1.29 is 23.0 Å². The van der Waals surface area contributed by atoms with Crippen LogP contribution in [0.15, 0.2) is 60.9 Å². The van der Waals surface area contributed by atoms with Crippen LogP contribution < -0.4 is 9.47 Å². The van der Waals surface area contributed by atoms with Crippen LogP contribution in [0.2, 0.25) is 5.02 Å². The summed E-state index contributed by atoms with van der Waals surface area (Å²) in [6, 6.07) is 14.3. The highest BCUT2D eigenvalue weighted by molar-refractivity contribution is 7.89. The molecule has 0 amide bonds. The predicted octanol–water partition coefficient (Wildman–Crippen LogP) is 3.60. The summed E-state index contributed by atoms with van der Waals surface area (Å²) in [7, 11) is -0.845. The number of benzene rings is 2. The van der Waals surface area contributed by atoms with Crippen molar-refractivity contribution in [3.8, 4) is 11.5 Å². The fraction of sp³-hybridized carbons (Fsp3) is 0.304.